The molecule has 0 atom stereocenters. The van der Waals surface area contributed by atoms with Crippen LogP contribution in [-0.4, -0.2) is 16.2 Å². The summed E-state index contributed by atoms with van der Waals surface area (Å²) in [7, 11) is 0. The number of aromatic nitrogens is 2. The maximum absolute atomic E-state index is 12.8. The van der Waals surface area contributed by atoms with E-state index in [2.05, 4.69) is 20.5 Å². The summed E-state index contributed by atoms with van der Waals surface area (Å²) in [5.74, 6) is 0.363. The molecule has 1 aromatic heterocycles. The normalized spacial score (nSPS) is 12.1. The van der Waals surface area contributed by atoms with E-state index in [4.69, 9.17) is 0 Å². The van der Waals surface area contributed by atoms with Gasteiger partial charge in [0.1, 0.15) is 0 Å². The smallest absolute Gasteiger partial charge is 0.323 e. The average Bonchev–Trinajstić information content (AvgIpc) is 2.89. The number of aromatic amines is 1. The maximum atomic E-state index is 12.8. The van der Waals surface area contributed by atoms with Gasteiger partial charge in [-0.15, -0.1) is 0 Å². The van der Waals surface area contributed by atoms with Gasteiger partial charge in [0.2, 0.25) is 5.95 Å². The molecule has 0 saturated heterocycles. The third-order valence-corrected chi connectivity index (χ3v) is 3.03. The lowest BCUT2D eigenvalue weighted by Gasteiger charge is -2.08. The molecule has 3 rings (SSSR count). The molecule has 3 aromatic rings. The van der Waals surface area contributed by atoms with Gasteiger partial charge in [-0.3, -0.25) is 0 Å². The molecule has 0 fully saturated rings. The Labute approximate surface area is 123 Å². The van der Waals surface area contributed by atoms with Gasteiger partial charge >= 0.3 is 6.18 Å². The fourth-order valence-electron chi connectivity index (χ4n) is 2.04. The lowest BCUT2D eigenvalue weighted by atomic mass is 10.1. The lowest BCUT2D eigenvalue weighted by molar-refractivity contribution is -0.137. The molecule has 2 aromatic carbocycles. The molecule has 112 valence electrons. The first-order chi connectivity index (χ1) is 10.5. The molecule has 0 amide bonds. The molecule has 0 aliphatic rings. The van der Waals surface area contributed by atoms with Crippen molar-refractivity contribution in [3.05, 3.63) is 59.7 Å². The van der Waals surface area contributed by atoms with Gasteiger partial charge in [0.15, 0.2) is 0 Å². The molecule has 0 saturated carbocycles. The summed E-state index contributed by atoms with van der Waals surface area (Å²) >= 11 is 0. The molecule has 1 heterocycles. The number of benzene rings is 2. The number of halogens is 3. The first kappa shape index (κ1) is 14.1. The second-order valence-corrected chi connectivity index (χ2v) is 4.56. The number of alkyl halides is 3. The standard InChI is InChI=1S/C15H11F3N4/c16-15(17,18)11-6-2-1-5-10(11)9-19-22-14-20-12-7-3-4-8-13(12)21-14/h1-9H,(H2,20,21,22)/b19-9-. The van der Waals surface area contributed by atoms with Gasteiger partial charge in [0.05, 0.1) is 22.8 Å². The zero-order chi connectivity index (χ0) is 15.6. The molecule has 4 nitrogen and oxygen atoms in total. The second kappa shape index (κ2) is 5.51. The van der Waals surface area contributed by atoms with Crippen molar-refractivity contribution in [3.63, 3.8) is 0 Å². The summed E-state index contributed by atoms with van der Waals surface area (Å²) in [5.41, 5.74) is 3.41. The Hall–Kier alpha value is -2.83. The molecule has 0 aliphatic heterocycles. The van der Waals surface area contributed by atoms with Crippen molar-refractivity contribution in [1.29, 1.82) is 0 Å². The predicted molar refractivity (Wildman–Crippen MR) is 78.8 cm³/mol. The van der Waals surface area contributed by atoms with Crippen LogP contribution in [0.3, 0.4) is 0 Å². The van der Waals surface area contributed by atoms with Gasteiger partial charge in [-0.1, -0.05) is 30.3 Å². The minimum Gasteiger partial charge on any atom is -0.323 e. The number of para-hydroxylation sites is 2. The van der Waals surface area contributed by atoms with E-state index in [9.17, 15) is 13.2 Å². The maximum Gasteiger partial charge on any atom is 0.417 e. The van der Waals surface area contributed by atoms with E-state index in [-0.39, 0.29) is 5.56 Å². The van der Waals surface area contributed by atoms with Gasteiger partial charge in [0, 0.05) is 5.56 Å². The van der Waals surface area contributed by atoms with Crippen LogP contribution in [-0.2, 0) is 6.18 Å². The summed E-state index contributed by atoms with van der Waals surface area (Å²) in [6.45, 7) is 0. The van der Waals surface area contributed by atoms with Crippen LogP contribution in [0, 0.1) is 0 Å². The number of H-pyrrole nitrogens is 1. The zero-order valence-electron chi connectivity index (χ0n) is 11.2. The molecule has 0 unspecified atom stereocenters. The molecule has 22 heavy (non-hydrogen) atoms. The van der Waals surface area contributed by atoms with Crippen molar-refractivity contribution in [3.8, 4) is 0 Å². The van der Waals surface area contributed by atoms with E-state index in [1.54, 1.807) is 0 Å². The van der Waals surface area contributed by atoms with Gasteiger partial charge in [-0.05, 0) is 18.2 Å². The summed E-state index contributed by atoms with van der Waals surface area (Å²) in [5, 5.41) is 3.81. The van der Waals surface area contributed by atoms with Crippen LogP contribution in [0.25, 0.3) is 11.0 Å². The van der Waals surface area contributed by atoms with Gasteiger partial charge in [-0.25, -0.2) is 10.4 Å². The number of rotatable bonds is 3. The SMILES string of the molecule is FC(F)(F)c1ccccc1/C=N\Nc1nc2ccccc2[nH]1. The van der Waals surface area contributed by atoms with Gasteiger partial charge in [-0.2, -0.15) is 18.3 Å². The van der Waals surface area contributed by atoms with Crippen LogP contribution in [0.1, 0.15) is 11.1 Å². The van der Waals surface area contributed by atoms with Crippen LogP contribution in [0.5, 0.6) is 0 Å². The minimum atomic E-state index is -4.41. The van der Waals surface area contributed by atoms with Crippen molar-refractivity contribution in [2.75, 3.05) is 5.43 Å². The fourth-order valence-corrected chi connectivity index (χ4v) is 2.04. The summed E-state index contributed by atoms with van der Waals surface area (Å²) in [6, 6.07) is 12.6. The Morgan fingerprint density at radius 2 is 1.77 bits per heavy atom. The van der Waals surface area contributed by atoms with E-state index in [1.807, 2.05) is 24.3 Å². The molecule has 0 spiro atoms. The Balaban J connectivity index is 1.80. The Morgan fingerprint density at radius 1 is 1.05 bits per heavy atom. The monoisotopic (exact) mass is 304 g/mol. The lowest BCUT2D eigenvalue weighted by Crippen LogP contribution is -2.08. The van der Waals surface area contributed by atoms with Crippen LogP contribution in [0.15, 0.2) is 53.6 Å². The van der Waals surface area contributed by atoms with Crippen LogP contribution in [0.2, 0.25) is 0 Å². The zero-order valence-corrected chi connectivity index (χ0v) is 11.2. The predicted octanol–water partition coefficient (Wildman–Crippen LogP) is 4.03. The highest BCUT2D eigenvalue weighted by molar-refractivity contribution is 5.83. The van der Waals surface area contributed by atoms with Crippen LogP contribution in [0.4, 0.5) is 19.1 Å². The van der Waals surface area contributed by atoms with Crippen molar-refractivity contribution >= 4 is 23.2 Å². The van der Waals surface area contributed by atoms with Crippen molar-refractivity contribution < 1.29 is 13.2 Å². The Morgan fingerprint density at radius 3 is 2.55 bits per heavy atom. The number of anilines is 1. The van der Waals surface area contributed by atoms with E-state index in [1.165, 1.54) is 18.2 Å². The Bertz CT molecular complexity index is 788. The number of imidazole rings is 1. The average molecular weight is 304 g/mol. The van der Waals surface area contributed by atoms with Crippen LogP contribution >= 0.6 is 0 Å². The quantitative estimate of drug-likeness (QED) is 0.567. The van der Waals surface area contributed by atoms with E-state index in [0.29, 0.717) is 5.95 Å². The largest absolute Gasteiger partial charge is 0.417 e. The first-order valence-electron chi connectivity index (χ1n) is 6.44. The Kier molecular flexibility index (Phi) is 3.54. The highest BCUT2D eigenvalue weighted by Crippen LogP contribution is 2.31. The number of hydrogen-bond donors (Lipinski definition) is 2. The fraction of sp³-hybridized carbons (Fsp3) is 0.0667. The molecule has 0 aliphatic carbocycles. The topological polar surface area (TPSA) is 53.1 Å². The number of nitrogens with zero attached hydrogens (tertiary/aromatic N) is 2. The van der Waals surface area contributed by atoms with E-state index < -0.39 is 11.7 Å². The highest BCUT2D eigenvalue weighted by atomic mass is 19.4. The van der Waals surface area contributed by atoms with Crippen molar-refractivity contribution in [2.45, 2.75) is 6.18 Å². The number of fused-ring (bicyclic) bond motifs is 1. The third kappa shape index (κ3) is 2.93. The molecule has 2 N–H and O–H groups in total. The summed E-state index contributed by atoms with van der Waals surface area (Å²) in [4.78, 5) is 7.18. The van der Waals surface area contributed by atoms with Crippen LogP contribution < -0.4 is 5.43 Å². The third-order valence-electron chi connectivity index (χ3n) is 3.03. The summed E-state index contributed by atoms with van der Waals surface area (Å²) < 4.78 is 38.5. The van der Waals surface area contributed by atoms with Gasteiger partial charge < -0.3 is 4.98 Å². The van der Waals surface area contributed by atoms with Crippen molar-refractivity contribution in [1.82, 2.24) is 9.97 Å². The highest BCUT2D eigenvalue weighted by Gasteiger charge is 2.32. The molecule has 0 radical (unpaired) electrons. The van der Waals surface area contributed by atoms with Gasteiger partial charge in [0.25, 0.3) is 0 Å². The number of hydrazone groups is 1. The first-order valence-corrected chi connectivity index (χ1v) is 6.44. The van der Waals surface area contributed by atoms with E-state index in [0.717, 1.165) is 23.3 Å². The minimum absolute atomic E-state index is 0.0152. The molecular weight excluding hydrogens is 293 g/mol. The number of nitrogens with one attached hydrogen (secondary N) is 2. The van der Waals surface area contributed by atoms with E-state index >= 15 is 0 Å². The number of hydrogen-bond acceptors (Lipinski definition) is 3. The summed E-state index contributed by atoms with van der Waals surface area (Å²) in [6.07, 6.45) is -3.29. The molecular formula is C15H11F3N4. The molecule has 0 bridgehead atoms. The molecule has 7 heteroatoms. The van der Waals surface area contributed by atoms with Crippen molar-refractivity contribution in [2.24, 2.45) is 5.10 Å². The second-order valence-electron chi connectivity index (χ2n) is 4.56.